The Morgan fingerprint density at radius 1 is 0.846 bits per heavy atom. The van der Waals surface area contributed by atoms with Crippen molar-refractivity contribution < 1.29 is 34.1 Å². The van der Waals surface area contributed by atoms with E-state index in [-0.39, 0.29) is 29.4 Å². The minimum absolute atomic E-state index is 0.0831. The highest BCUT2D eigenvalue weighted by Crippen LogP contribution is 2.44. The van der Waals surface area contributed by atoms with E-state index in [2.05, 4.69) is 133 Å². The van der Waals surface area contributed by atoms with Crippen molar-refractivity contribution in [3.63, 3.8) is 0 Å². The summed E-state index contributed by atoms with van der Waals surface area (Å²) < 4.78 is 6.95. The molecule has 0 saturated carbocycles. The SMILES string of the molecule is C/C(=C\c1csc(C)n1)[C@@H](N)CC1O[C@]1(C)CCC[C@H](C)[C@H](O)[C@@H](C)C(=O)C(C)(C)[C@@H](O)CC(=O)[O-].c1ccc(C[N+](Cc2ccccc2)(Cc2ccccc2)Cc2ccccc2)cc1. The van der Waals surface area contributed by atoms with Crippen LogP contribution in [0.2, 0.25) is 0 Å². The minimum Gasteiger partial charge on any atom is -0.550 e. The number of carbonyl (C=O) groups is 2. The standard InChI is InChI=1S/C28H28N.C27H44N2O6S/c1-5-13-25(14-6-1)21-29(22-26-15-7-2-8-16-26,23-27-17-9-3-10-18-27)24-28-19-11-4-12-20-28;1-15(24(33)17(3)25(34)26(5,6)21(30)13-23(31)32)9-8-10-27(7)22(35-27)12-20(28)16(2)11-19-14-36-18(4)29-19/h1-20H,21-24H2;11,14-15,17,20-22,24,30,33H,8-10,12-13,28H2,1-7H3,(H,31,32)/q+1;/p-1/b;16-11+/t;15-,17+,20-,21-,22?,24-,27+/m.0/s1. The number of epoxide rings is 1. The number of nitrogens with zero attached hydrogens (tertiary/aromatic N) is 2. The van der Waals surface area contributed by atoms with E-state index in [4.69, 9.17) is 10.5 Å². The molecule has 0 aliphatic carbocycles. The number of aliphatic hydroxyl groups excluding tert-OH is 2. The fourth-order valence-corrected chi connectivity index (χ4v) is 9.56. The highest BCUT2D eigenvalue weighted by atomic mass is 32.1. The molecule has 0 amide bonds. The van der Waals surface area contributed by atoms with E-state index in [0.717, 1.165) is 66.2 Å². The van der Waals surface area contributed by atoms with Gasteiger partial charge in [-0.3, -0.25) is 4.79 Å². The number of hydrogen-bond donors (Lipinski definition) is 3. The van der Waals surface area contributed by atoms with Crippen LogP contribution >= 0.6 is 11.3 Å². The highest BCUT2D eigenvalue weighted by molar-refractivity contribution is 7.09. The Hall–Kier alpha value is -4.81. The molecular weight excluding hydrogens is 831 g/mol. The lowest BCUT2D eigenvalue weighted by molar-refractivity contribution is -0.978. The van der Waals surface area contributed by atoms with Gasteiger partial charge in [-0.25, -0.2) is 4.98 Å². The number of aromatic nitrogens is 1. The van der Waals surface area contributed by atoms with Gasteiger partial charge in [0, 0.05) is 57.4 Å². The second-order valence-electron chi connectivity index (χ2n) is 19.2. The molecule has 1 aliphatic heterocycles. The van der Waals surface area contributed by atoms with Gasteiger partial charge in [0.25, 0.3) is 0 Å². The number of aliphatic carboxylic acids is 1. The molecule has 65 heavy (non-hydrogen) atoms. The van der Waals surface area contributed by atoms with E-state index in [0.29, 0.717) is 6.42 Å². The quantitative estimate of drug-likeness (QED) is 0.0434. The first-order valence-electron chi connectivity index (χ1n) is 23.0. The average molecular weight is 902 g/mol. The van der Waals surface area contributed by atoms with Crippen LogP contribution in [0.15, 0.2) is 132 Å². The van der Waals surface area contributed by atoms with Gasteiger partial charge in [-0.1, -0.05) is 161 Å². The topological polar surface area (TPSA) is 149 Å². The molecule has 9 nitrogen and oxygen atoms in total. The molecule has 1 fully saturated rings. The summed E-state index contributed by atoms with van der Waals surface area (Å²) in [7, 11) is 0. The first-order valence-corrected chi connectivity index (χ1v) is 23.9. The maximum absolute atomic E-state index is 12.9. The number of carbonyl (C=O) groups excluding carboxylic acids is 2. The molecule has 1 saturated heterocycles. The molecule has 2 heterocycles. The third kappa shape index (κ3) is 15.4. The number of aryl methyl sites for hydroxylation is 1. The van der Waals surface area contributed by atoms with Crippen molar-refractivity contribution in [1.29, 1.82) is 0 Å². The highest BCUT2D eigenvalue weighted by Gasteiger charge is 2.52. The van der Waals surface area contributed by atoms with Gasteiger partial charge < -0.3 is 35.1 Å². The molecule has 4 N–H and O–H groups in total. The van der Waals surface area contributed by atoms with Crippen molar-refractivity contribution in [2.75, 3.05) is 0 Å². The van der Waals surface area contributed by atoms with E-state index < -0.39 is 35.9 Å². The van der Waals surface area contributed by atoms with Crippen molar-refractivity contribution in [2.24, 2.45) is 23.0 Å². The molecule has 1 aromatic heterocycles. The van der Waals surface area contributed by atoms with Gasteiger partial charge in [0.05, 0.1) is 34.6 Å². The predicted molar refractivity (Wildman–Crippen MR) is 260 cm³/mol. The maximum atomic E-state index is 12.9. The zero-order valence-corrected chi connectivity index (χ0v) is 40.3. The van der Waals surface area contributed by atoms with Crippen molar-refractivity contribution in [1.82, 2.24) is 4.98 Å². The molecule has 0 bridgehead atoms. The first kappa shape index (κ1) is 51.2. The number of Topliss-reactive ketones (excluding diaryl/α,β-unsaturated/α-hetero) is 1. The number of benzene rings is 4. The van der Waals surface area contributed by atoms with Gasteiger partial charge in [-0.2, -0.15) is 0 Å². The number of ether oxygens (including phenoxy) is 1. The molecule has 7 atom stereocenters. The molecule has 10 heteroatoms. The number of quaternary nitrogens is 1. The Labute approximate surface area is 391 Å². The summed E-state index contributed by atoms with van der Waals surface area (Å²) in [4.78, 5) is 28.2. The molecule has 1 unspecified atom stereocenters. The van der Waals surface area contributed by atoms with Crippen molar-refractivity contribution in [2.45, 2.75) is 137 Å². The summed E-state index contributed by atoms with van der Waals surface area (Å²) in [6.45, 7) is 16.6. The molecular formula is C55H71N3O6S. The van der Waals surface area contributed by atoms with Crippen LogP contribution in [0, 0.1) is 24.2 Å². The summed E-state index contributed by atoms with van der Waals surface area (Å²) >= 11 is 1.61. The molecule has 0 spiro atoms. The van der Waals surface area contributed by atoms with E-state index in [1.807, 2.05) is 32.2 Å². The zero-order chi connectivity index (χ0) is 47.2. The number of rotatable bonds is 23. The van der Waals surface area contributed by atoms with Crippen LogP contribution < -0.4 is 10.8 Å². The monoisotopic (exact) mass is 902 g/mol. The smallest absolute Gasteiger partial charge is 0.146 e. The van der Waals surface area contributed by atoms with Crippen molar-refractivity contribution in [3.8, 4) is 0 Å². The van der Waals surface area contributed by atoms with E-state index in [9.17, 15) is 24.9 Å². The summed E-state index contributed by atoms with van der Waals surface area (Å²) in [6.07, 6.45) is 2.30. The second-order valence-corrected chi connectivity index (χ2v) is 20.2. The third-order valence-electron chi connectivity index (χ3n) is 13.2. The lowest BCUT2D eigenvalue weighted by Crippen LogP contribution is -2.46. The van der Waals surface area contributed by atoms with E-state index >= 15 is 0 Å². The average Bonchev–Trinajstić information content (AvgIpc) is 3.72. The normalized spacial score (nSPS) is 18.7. The maximum Gasteiger partial charge on any atom is 0.146 e. The van der Waals surface area contributed by atoms with Crippen LogP contribution in [-0.2, 0) is 40.5 Å². The van der Waals surface area contributed by atoms with Crippen LogP contribution in [0.4, 0.5) is 0 Å². The predicted octanol–water partition coefficient (Wildman–Crippen LogP) is 9.23. The van der Waals surface area contributed by atoms with Crippen molar-refractivity contribution >= 4 is 29.2 Å². The fraction of sp³-hybridized carbons (Fsp3) is 0.436. The lowest BCUT2D eigenvalue weighted by atomic mass is 9.73. The van der Waals surface area contributed by atoms with E-state index in [1.54, 1.807) is 18.3 Å². The number of thiazole rings is 1. The van der Waals surface area contributed by atoms with Gasteiger partial charge >= 0.3 is 0 Å². The van der Waals surface area contributed by atoms with E-state index in [1.165, 1.54) is 36.1 Å². The van der Waals surface area contributed by atoms with Gasteiger partial charge in [0.1, 0.15) is 32.0 Å². The molecule has 5 aromatic rings. The zero-order valence-electron chi connectivity index (χ0n) is 39.4. The number of aliphatic hydroxyl groups is 2. The van der Waals surface area contributed by atoms with Crippen LogP contribution in [0.5, 0.6) is 0 Å². The number of nitrogens with two attached hydrogens (primary N) is 1. The third-order valence-corrected chi connectivity index (χ3v) is 14.0. The Morgan fingerprint density at radius 3 is 1.69 bits per heavy atom. The number of hydrogen-bond acceptors (Lipinski definition) is 9. The summed E-state index contributed by atoms with van der Waals surface area (Å²) in [5.41, 5.74) is 12.4. The first-order chi connectivity index (χ1) is 30.9. The van der Waals surface area contributed by atoms with Crippen LogP contribution in [-0.4, -0.2) is 61.4 Å². The number of carboxylic acids is 1. The van der Waals surface area contributed by atoms with Crippen molar-refractivity contribution in [3.05, 3.63) is 165 Å². The Bertz CT molecular complexity index is 2080. The van der Waals surface area contributed by atoms with Crippen LogP contribution in [0.1, 0.15) is 107 Å². The van der Waals surface area contributed by atoms with Gasteiger partial charge in [-0.05, 0) is 52.0 Å². The molecule has 0 radical (unpaired) electrons. The van der Waals surface area contributed by atoms with Gasteiger partial charge in [-0.15, -0.1) is 11.3 Å². The Morgan fingerprint density at radius 2 is 1.29 bits per heavy atom. The summed E-state index contributed by atoms with van der Waals surface area (Å²) in [5, 5.41) is 34.8. The number of carboxylic acid groups (broad SMARTS) is 1. The largest absolute Gasteiger partial charge is 0.550 e. The van der Waals surface area contributed by atoms with Gasteiger partial charge in [0.2, 0.25) is 0 Å². The van der Waals surface area contributed by atoms with Crippen LogP contribution in [0.25, 0.3) is 6.08 Å². The lowest BCUT2D eigenvalue weighted by Gasteiger charge is -2.39. The summed E-state index contributed by atoms with van der Waals surface area (Å²) in [5.74, 6) is -2.66. The van der Waals surface area contributed by atoms with Gasteiger partial charge in [0.15, 0.2) is 0 Å². The fourth-order valence-electron chi connectivity index (χ4n) is 8.99. The Kier molecular flexibility index (Phi) is 18.6. The summed E-state index contributed by atoms with van der Waals surface area (Å²) in [6, 6.07) is 43.6. The Balaban J connectivity index is 0.000000249. The molecule has 6 rings (SSSR count). The minimum atomic E-state index is -1.42. The second kappa shape index (κ2) is 23.6. The van der Waals surface area contributed by atoms with Crippen LogP contribution in [0.3, 0.4) is 0 Å². The molecule has 1 aliphatic rings. The number of ketones is 1. The molecule has 348 valence electrons. The molecule has 4 aromatic carbocycles.